The van der Waals surface area contributed by atoms with Crippen molar-refractivity contribution < 1.29 is 14.6 Å². The van der Waals surface area contributed by atoms with Crippen LogP contribution < -0.4 is 4.74 Å². The van der Waals surface area contributed by atoms with E-state index in [1.165, 1.54) is 0 Å². The molecule has 0 aliphatic carbocycles. The van der Waals surface area contributed by atoms with Crippen LogP contribution in [-0.4, -0.2) is 28.0 Å². The maximum atomic E-state index is 11.1. The lowest BCUT2D eigenvalue weighted by atomic mass is 10.0. The van der Waals surface area contributed by atoms with Crippen LogP contribution in [0.15, 0.2) is 18.2 Å². The molecular formula is C15H18N2O3. The van der Waals surface area contributed by atoms with Gasteiger partial charge < -0.3 is 9.84 Å². The maximum Gasteiger partial charge on any atom is 0.356 e. The summed E-state index contributed by atoms with van der Waals surface area (Å²) in [6.07, 6.45) is 0. The van der Waals surface area contributed by atoms with Gasteiger partial charge in [-0.3, -0.25) is 4.68 Å². The van der Waals surface area contributed by atoms with E-state index in [-0.39, 0.29) is 5.69 Å². The zero-order valence-corrected chi connectivity index (χ0v) is 12.1. The predicted octanol–water partition coefficient (Wildman–Crippen LogP) is 2.89. The fourth-order valence-corrected chi connectivity index (χ4v) is 2.14. The number of aromatic nitrogens is 2. The van der Waals surface area contributed by atoms with Crippen LogP contribution in [0.25, 0.3) is 11.3 Å². The van der Waals surface area contributed by atoms with E-state index in [0.717, 1.165) is 28.1 Å². The van der Waals surface area contributed by atoms with Gasteiger partial charge in [0.25, 0.3) is 0 Å². The summed E-state index contributed by atoms with van der Waals surface area (Å²) in [6.45, 7) is 6.55. The molecule has 0 aliphatic rings. The summed E-state index contributed by atoms with van der Waals surface area (Å²) in [5, 5.41) is 13.2. The van der Waals surface area contributed by atoms with E-state index in [1.807, 2.05) is 32.9 Å². The quantitative estimate of drug-likeness (QED) is 0.931. The summed E-state index contributed by atoms with van der Waals surface area (Å²) in [6, 6.07) is 5.54. The largest absolute Gasteiger partial charge is 0.496 e. The van der Waals surface area contributed by atoms with E-state index in [2.05, 4.69) is 5.10 Å². The molecule has 0 radical (unpaired) electrons. The van der Waals surface area contributed by atoms with E-state index >= 15 is 0 Å². The van der Waals surface area contributed by atoms with Crippen molar-refractivity contribution in [3.8, 4) is 17.0 Å². The first-order valence-corrected chi connectivity index (χ1v) is 6.44. The minimum absolute atomic E-state index is 0.0436. The van der Waals surface area contributed by atoms with Gasteiger partial charge in [-0.05, 0) is 50.1 Å². The Labute approximate surface area is 117 Å². The summed E-state index contributed by atoms with van der Waals surface area (Å²) in [7, 11) is 1.61. The van der Waals surface area contributed by atoms with Crippen LogP contribution >= 0.6 is 0 Å². The van der Waals surface area contributed by atoms with Crippen LogP contribution in [0.5, 0.6) is 5.75 Å². The Morgan fingerprint density at radius 2 is 1.95 bits per heavy atom. The zero-order chi connectivity index (χ0) is 14.9. The van der Waals surface area contributed by atoms with Crippen molar-refractivity contribution >= 4 is 5.97 Å². The van der Waals surface area contributed by atoms with Crippen LogP contribution in [0, 0.1) is 13.8 Å². The molecule has 0 spiro atoms. The van der Waals surface area contributed by atoms with Crippen LogP contribution in [0.1, 0.15) is 28.5 Å². The Bertz CT molecular complexity index is 659. The van der Waals surface area contributed by atoms with E-state index in [4.69, 9.17) is 9.84 Å². The van der Waals surface area contributed by atoms with Gasteiger partial charge in [0.2, 0.25) is 0 Å². The molecule has 106 valence electrons. The average Bonchev–Trinajstić information content (AvgIpc) is 2.85. The molecule has 20 heavy (non-hydrogen) atoms. The topological polar surface area (TPSA) is 64.4 Å². The molecule has 2 rings (SSSR count). The Balaban J connectivity index is 2.67. The zero-order valence-electron chi connectivity index (χ0n) is 12.1. The second-order valence-corrected chi connectivity index (χ2v) is 4.67. The van der Waals surface area contributed by atoms with Crippen molar-refractivity contribution in [1.82, 2.24) is 9.78 Å². The van der Waals surface area contributed by atoms with E-state index in [1.54, 1.807) is 17.9 Å². The van der Waals surface area contributed by atoms with E-state index < -0.39 is 5.97 Å². The van der Waals surface area contributed by atoms with Crippen LogP contribution in [0.2, 0.25) is 0 Å². The van der Waals surface area contributed by atoms with E-state index in [0.29, 0.717) is 6.54 Å². The molecule has 1 heterocycles. The number of rotatable bonds is 4. The number of hydrogen-bond acceptors (Lipinski definition) is 3. The van der Waals surface area contributed by atoms with Crippen molar-refractivity contribution in [2.24, 2.45) is 0 Å². The number of carbonyl (C=O) groups is 1. The van der Waals surface area contributed by atoms with Crippen molar-refractivity contribution in [2.45, 2.75) is 27.3 Å². The number of nitrogens with zero attached hydrogens (tertiary/aromatic N) is 2. The number of carboxylic acid groups (broad SMARTS) is 1. The molecule has 0 atom stereocenters. The molecule has 5 nitrogen and oxygen atoms in total. The smallest absolute Gasteiger partial charge is 0.356 e. The standard InChI is InChI=1S/C15H18N2O3/c1-5-17-13(8-12(16-17)15(18)19)11-6-9(2)10(3)7-14(11)20-4/h6-8H,5H2,1-4H3,(H,18,19). The lowest BCUT2D eigenvalue weighted by Gasteiger charge is -2.12. The summed E-state index contributed by atoms with van der Waals surface area (Å²) >= 11 is 0. The molecule has 2 aromatic rings. The van der Waals surface area contributed by atoms with Gasteiger partial charge in [-0.1, -0.05) is 0 Å². The highest BCUT2D eigenvalue weighted by molar-refractivity contribution is 5.87. The van der Waals surface area contributed by atoms with Gasteiger partial charge in [-0.2, -0.15) is 5.10 Å². The van der Waals surface area contributed by atoms with Crippen molar-refractivity contribution in [3.05, 3.63) is 35.0 Å². The summed E-state index contributed by atoms with van der Waals surface area (Å²) in [5.74, 6) is -0.305. The van der Waals surface area contributed by atoms with Gasteiger partial charge in [0.05, 0.1) is 12.8 Å². The molecule has 0 aliphatic heterocycles. The van der Waals surface area contributed by atoms with Gasteiger partial charge in [0.1, 0.15) is 5.75 Å². The van der Waals surface area contributed by atoms with Crippen LogP contribution in [-0.2, 0) is 6.54 Å². The number of aromatic carboxylic acids is 1. The highest BCUT2D eigenvalue weighted by Gasteiger charge is 2.17. The van der Waals surface area contributed by atoms with Crippen molar-refractivity contribution in [3.63, 3.8) is 0 Å². The Morgan fingerprint density at radius 3 is 2.50 bits per heavy atom. The number of aryl methyl sites for hydroxylation is 3. The average molecular weight is 274 g/mol. The third kappa shape index (κ3) is 2.39. The Kier molecular flexibility index (Phi) is 3.79. The minimum Gasteiger partial charge on any atom is -0.496 e. The Hall–Kier alpha value is -2.30. The maximum absolute atomic E-state index is 11.1. The Morgan fingerprint density at radius 1 is 1.30 bits per heavy atom. The lowest BCUT2D eigenvalue weighted by Crippen LogP contribution is -2.03. The lowest BCUT2D eigenvalue weighted by molar-refractivity contribution is 0.0689. The molecule has 1 N–H and O–H groups in total. The predicted molar refractivity (Wildman–Crippen MR) is 76.3 cm³/mol. The molecule has 0 unspecified atom stereocenters. The number of ether oxygens (including phenoxy) is 1. The highest BCUT2D eigenvalue weighted by Crippen LogP contribution is 2.33. The van der Waals surface area contributed by atoms with Crippen LogP contribution in [0.3, 0.4) is 0 Å². The molecule has 0 bridgehead atoms. The third-order valence-electron chi connectivity index (χ3n) is 3.39. The minimum atomic E-state index is -1.03. The number of benzene rings is 1. The number of methoxy groups -OCH3 is 1. The number of hydrogen-bond donors (Lipinski definition) is 1. The normalized spacial score (nSPS) is 10.6. The first kappa shape index (κ1) is 14.1. The second kappa shape index (κ2) is 5.36. The van der Waals surface area contributed by atoms with Gasteiger partial charge in [0, 0.05) is 12.1 Å². The third-order valence-corrected chi connectivity index (χ3v) is 3.39. The van der Waals surface area contributed by atoms with E-state index in [9.17, 15) is 4.79 Å². The van der Waals surface area contributed by atoms with Crippen molar-refractivity contribution in [1.29, 1.82) is 0 Å². The summed E-state index contributed by atoms with van der Waals surface area (Å²) < 4.78 is 7.09. The monoisotopic (exact) mass is 274 g/mol. The fourth-order valence-electron chi connectivity index (χ4n) is 2.14. The SMILES string of the molecule is CCn1nc(C(=O)O)cc1-c1cc(C)c(C)cc1OC. The second-order valence-electron chi connectivity index (χ2n) is 4.67. The molecule has 1 aromatic carbocycles. The number of carboxylic acids is 1. The molecule has 0 saturated carbocycles. The molecule has 1 aromatic heterocycles. The fraction of sp³-hybridized carbons (Fsp3) is 0.333. The van der Waals surface area contributed by atoms with Crippen LogP contribution in [0.4, 0.5) is 0 Å². The molecule has 5 heteroatoms. The molecule has 0 amide bonds. The molecule has 0 saturated heterocycles. The summed E-state index contributed by atoms with van der Waals surface area (Å²) in [4.78, 5) is 11.1. The van der Waals surface area contributed by atoms with Gasteiger partial charge in [-0.15, -0.1) is 0 Å². The summed E-state index contributed by atoms with van der Waals surface area (Å²) in [5.41, 5.74) is 3.91. The first-order chi connectivity index (χ1) is 9.47. The van der Waals surface area contributed by atoms with Gasteiger partial charge >= 0.3 is 5.97 Å². The molecular weight excluding hydrogens is 256 g/mol. The first-order valence-electron chi connectivity index (χ1n) is 6.44. The van der Waals surface area contributed by atoms with Gasteiger partial charge in [0.15, 0.2) is 5.69 Å². The highest BCUT2D eigenvalue weighted by atomic mass is 16.5. The molecule has 0 fully saturated rings. The van der Waals surface area contributed by atoms with Gasteiger partial charge in [-0.25, -0.2) is 4.79 Å². The van der Waals surface area contributed by atoms with Crippen molar-refractivity contribution in [2.75, 3.05) is 7.11 Å².